The first-order valence-corrected chi connectivity index (χ1v) is 12.9. The Labute approximate surface area is 243 Å². The summed E-state index contributed by atoms with van der Waals surface area (Å²) >= 11 is 6.29. The largest absolute Gasteiger partial charge is 0.497 e. The number of aliphatic hydroxyl groups is 1. The number of methoxy groups -OCH3 is 2. The lowest BCUT2D eigenvalue weighted by Gasteiger charge is -2.17. The van der Waals surface area contributed by atoms with Gasteiger partial charge in [0.2, 0.25) is 0 Å². The van der Waals surface area contributed by atoms with Crippen LogP contribution >= 0.6 is 11.6 Å². The maximum absolute atomic E-state index is 11.6. The lowest BCUT2D eigenvalue weighted by atomic mass is 10.1. The highest BCUT2D eigenvalue weighted by molar-refractivity contribution is 6.30. The molecule has 1 fully saturated rings. The first-order valence-electron chi connectivity index (χ1n) is 12.5. The molecule has 218 valence electrons. The summed E-state index contributed by atoms with van der Waals surface area (Å²) < 4.78 is 23.8. The molecule has 0 saturated carbocycles. The van der Waals surface area contributed by atoms with Crippen molar-refractivity contribution in [2.75, 3.05) is 19.5 Å². The van der Waals surface area contributed by atoms with Crippen molar-refractivity contribution in [2.45, 2.75) is 37.6 Å². The third kappa shape index (κ3) is 5.66. The molecule has 4 unspecified atom stereocenters. The number of anilines is 1. The summed E-state index contributed by atoms with van der Waals surface area (Å²) in [6, 6.07) is 9.32. The van der Waals surface area contributed by atoms with E-state index in [4.69, 9.17) is 36.1 Å². The van der Waals surface area contributed by atoms with E-state index in [-0.39, 0.29) is 18.8 Å². The van der Waals surface area contributed by atoms with E-state index in [0.29, 0.717) is 33.6 Å². The second-order valence-electron chi connectivity index (χ2n) is 9.09. The molecular weight excluding hydrogens is 572 g/mol. The van der Waals surface area contributed by atoms with Crippen molar-refractivity contribution in [1.29, 1.82) is 0 Å². The number of aliphatic hydroxyl groups excluding tert-OH is 1. The number of ether oxygens (including phenoxy) is 4. The lowest BCUT2D eigenvalue weighted by Crippen LogP contribution is -2.34. The second kappa shape index (κ2) is 12.4. The molecule has 15 nitrogen and oxygen atoms in total. The second-order valence-corrected chi connectivity index (χ2v) is 9.53. The van der Waals surface area contributed by atoms with Gasteiger partial charge in [0.25, 0.3) is 0 Å². The van der Waals surface area contributed by atoms with Gasteiger partial charge >= 0.3 is 5.97 Å². The number of nitrogens with one attached hydrogen (secondary N) is 1. The summed E-state index contributed by atoms with van der Waals surface area (Å²) in [5.74, 6) is 0.869. The van der Waals surface area contributed by atoms with E-state index in [9.17, 15) is 15.0 Å². The van der Waals surface area contributed by atoms with Crippen molar-refractivity contribution in [2.24, 2.45) is 5.11 Å². The predicted octanol–water partition coefficient (Wildman–Crippen LogP) is 3.71. The summed E-state index contributed by atoms with van der Waals surface area (Å²) in [5.41, 5.74) is 10.9. The average Bonchev–Trinajstić information content (AvgIpc) is 3.56. The minimum Gasteiger partial charge on any atom is -0.497 e. The summed E-state index contributed by atoms with van der Waals surface area (Å²) in [7, 11) is 3.16. The van der Waals surface area contributed by atoms with Crippen molar-refractivity contribution in [1.82, 2.24) is 19.5 Å². The third-order valence-electron chi connectivity index (χ3n) is 6.64. The van der Waals surface area contributed by atoms with Gasteiger partial charge in [0, 0.05) is 27.6 Å². The molecule has 1 aliphatic heterocycles. The van der Waals surface area contributed by atoms with Gasteiger partial charge in [-0.1, -0.05) is 16.7 Å². The van der Waals surface area contributed by atoms with Gasteiger partial charge in [-0.2, -0.15) is 0 Å². The zero-order chi connectivity index (χ0) is 29.8. The van der Waals surface area contributed by atoms with Gasteiger partial charge in [-0.15, -0.1) is 0 Å². The number of carbonyl (C=O) groups is 1. The molecule has 0 aliphatic carbocycles. The number of imidazole rings is 1. The quantitative estimate of drug-likeness (QED) is 0.129. The van der Waals surface area contributed by atoms with Crippen LogP contribution in [-0.4, -0.2) is 68.2 Å². The average molecular weight is 597 g/mol. The van der Waals surface area contributed by atoms with E-state index in [1.54, 1.807) is 44.6 Å². The van der Waals surface area contributed by atoms with Gasteiger partial charge in [0.1, 0.15) is 42.3 Å². The molecule has 0 amide bonds. The molecule has 16 heteroatoms. The van der Waals surface area contributed by atoms with Gasteiger partial charge in [-0.3, -0.25) is 4.57 Å². The Balaban J connectivity index is 1.37. The van der Waals surface area contributed by atoms with Gasteiger partial charge in [-0.25, -0.2) is 19.7 Å². The molecule has 4 atom stereocenters. The lowest BCUT2D eigenvalue weighted by molar-refractivity contribution is -0.152. The molecule has 2 aromatic carbocycles. The van der Waals surface area contributed by atoms with Crippen LogP contribution in [0.4, 0.5) is 5.82 Å². The fourth-order valence-corrected chi connectivity index (χ4v) is 4.80. The van der Waals surface area contributed by atoms with Gasteiger partial charge in [0.05, 0.1) is 20.5 Å². The SMILES string of the molecule is COc1ccc(OC)c(COc2ccc(Cl)cc2CNc2ncnc3c2ncn3C2OC(C(=O)O)C(N=[N+]=[N-])C2O)c1. The van der Waals surface area contributed by atoms with E-state index < -0.39 is 30.4 Å². The molecule has 5 rings (SSSR count). The summed E-state index contributed by atoms with van der Waals surface area (Å²) in [6.07, 6.45) is -1.59. The Bertz CT molecular complexity index is 1660. The number of carboxylic acids is 1. The van der Waals surface area contributed by atoms with Crippen LogP contribution in [0, 0.1) is 0 Å². The van der Waals surface area contributed by atoms with Gasteiger partial charge in [-0.05, 0) is 41.9 Å². The van der Waals surface area contributed by atoms with Crippen LogP contribution < -0.4 is 19.5 Å². The summed E-state index contributed by atoms with van der Waals surface area (Å²) in [5, 5.41) is 27.3. The molecule has 0 bridgehead atoms. The van der Waals surface area contributed by atoms with Crippen molar-refractivity contribution in [3.05, 3.63) is 75.6 Å². The number of nitrogens with zero attached hydrogens (tertiary/aromatic N) is 7. The number of aromatic nitrogens is 4. The van der Waals surface area contributed by atoms with E-state index >= 15 is 0 Å². The third-order valence-corrected chi connectivity index (χ3v) is 6.87. The number of hydrogen-bond acceptors (Lipinski definition) is 11. The van der Waals surface area contributed by atoms with Crippen LogP contribution in [-0.2, 0) is 22.7 Å². The standard InChI is InChI=1S/C26H25ClN8O7/c1-39-16-4-6-17(40-2)14(8-16)10-41-18-5-3-15(27)7-13(18)9-29-23-20-24(31-11-30-23)35(12-32-20)25-21(36)19(33-34-28)22(42-25)26(37)38/h3-8,11-12,19,21-22,25,36H,9-10H2,1-2H3,(H,37,38)(H,29,30,31). The van der Waals surface area contributed by atoms with Crippen LogP contribution in [0.1, 0.15) is 17.4 Å². The highest BCUT2D eigenvalue weighted by Crippen LogP contribution is 2.34. The Morgan fingerprint density at radius 3 is 2.71 bits per heavy atom. The first kappa shape index (κ1) is 28.7. The Morgan fingerprint density at radius 2 is 1.98 bits per heavy atom. The number of benzene rings is 2. The molecule has 0 spiro atoms. The van der Waals surface area contributed by atoms with E-state index in [1.165, 1.54) is 17.2 Å². The number of halogens is 1. The smallest absolute Gasteiger partial charge is 0.333 e. The number of aliphatic carboxylic acids is 1. The van der Waals surface area contributed by atoms with E-state index in [0.717, 1.165) is 11.1 Å². The number of azide groups is 1. The molecule has 42 heavy (non-hydrogen) atoms. The van der Waals surface area contributed by atoms with E-state index in [1.807, 2.05) is 6.07 Å². The number of fused-ring (bicyclic) bond motifs is 1. The van der Waals surface area contributed by atoms with Gasteiger partial charge in [0.15, 0.2) is 29.3 Å². The van der Waals surface area contributed by atoms with Crippen molar-refractivity contribution in [3.63, 3.8) is 0 Å². The first-order chi connectivity index (χ1) is 20.3. The number of carboxylic acid groups (broad SMARTS) is 1. The Morgan fingerprint density at radius 1 is 1.17 bits per heavy atom. The maximum atomic E-state index is 11.6. The van der Waals surface area contributed by atoms with Crippen molar-refractivity contribution < 1.29 is 34.0 Å². The van der Waals surface area contributed by atoms with Crippen LogP contribution in [0.15, 0.2) is 54.2 Å². The molecule has 3 heterocycles. The van der Waals surface area contributed by atoms with Crippen molar-refractivity contribution >= 4 is 34.6 Å². The Hall–Kier alpha value is -4.82. The molecule has 2 aromatic heterocycles. The summed E-state index contributed by atoms with van der Waals surface area (Å²) in [6.45, 7) is 0.446. The molecule has 3 N–H and O–H groups in total. The predicted molar refractivity (Wildman–Crippen MR) is 148 cm³/mol. The van der Waals surface area contributed by atoms with Crippen LogP contribution in [0.2, 0.25) is 5.02 Å². The van der Waals surface area contributed by atoms with Crippen molar-refractivity contribution in [3.8, 4) is 17.2 Å². The fourth-order valence-electron chi connectivity index (χ4n) is 4.61. The monoisotopic (exact) mass is 596 g/mol. The molecule has 1 saturated heterocycles. The van der Waals surface area contributed by atoms with Crippen LogP contribution in [0.3, 0.4) is 0 Å². The fraction of sp³-hybridized carbons (Fsp3) is 0.308. The molecule has 1 aliphatic rings. The molecule has 4 aromatic rings. The topological polar surface area (TPSA) is 199 Å². The normalized spacial score (nSPS) is 19.7. The number of rotatable bonds is 11. The van der Waals surface area contributed by atoms with Crippen LogP contribution in [0.5, 0.6) is 17.2 Å². The zero-order valence-electron chi connectivity index (χ0n) is 22.3. The molecular formula is C26H25ClN8O7. The highest BCUT2D eigenvalue weighted by Gasteiger charge is 2.48. The minimum atomic E-state index is -1.55. The molecule has 0 radical (unpaired) electrons. The number of hydrogen-bond donors (Lipinski definition) is 3. The van der Waals surface area contributed by atoms with Crippen LogP contribution in [0.25, 0.3) is 21.6 Å². The zero-order valence-corrected chi connectivity index (χ0v) is 23.0. The Kier molecular flexibility index (Phi) is 8.45. The summed E-state index contributed by atoms with van der Waals surface area (Å²) in [4.78, 5) is 27.1. The maximum Gasteiger partial charge on any atom is 0.333 e. The van der Waals surface area contributed by atoms with Gasteiger partial charge < -0.3 is 34.5 Å². The minimum absolute atomic E-state index is 0.203. The van der Waals surface area contributed by atoms with E-state index in [2.05, 4.69) is 30.3 Å². The highest BCUT2D eigenvalue weighted by atomic mass is 35.5.